The number of carbonyl (C=O) groups excluding carboxylic acids is 3. The maximum Gasteiger partial charge on any atom is 0.306 e. The third-order valence-electron chi connectivity index (χ3n) is 9.16. The molecular weight excluding hydrogens is 636 g/mol. The molecule has 0 aromatic rings. The molecule has 0 aliphatic carbocycles. The van der Waals surface area contributed by atoms with Crippen LogP contribution in [0.2, 0.25) is 0 Å². The van der Waals surface area contributed by atoms with Gasteiger partial charge in [-0.15, -0.1) is 0 Å². The molecule has 0 aliphatic heterocycles. The van der Waals surface area contributed by atoms with Crippen molar-refractivity contribution in [1.29, 1.82) is 0 Å². The van der Waals surface area contributed by atoms with Gasteiger partial charge < -0.3 is 14.2 Å². The van der Waals surface area contributed by atoms with Gasteiger partial charge in [-0.3, -0.25) is 14.4 Å². The molecule has 0 spiro atoms. The topological polar surface area (TPSA) is 78.9 Å². The number of hydrogen-bond acceptors (Lipinski definition) is 6. The molecule has 0 bridgehead atoms. The lowest BCUT2D eigenvalue weighted by molar-refractivity contribution is -0.167. The monoisotopic (exact) mass is 717 g/mol. The van der Waals surface area contributed by atoms with Gasteiger partial charge in [-0.05, 0) is 51.4 Å². The van der Waals surface area contributed by atoms with Crippen LogP contribution in [0.1, 0.15) is 213 Å². The number of hydrogen-bond donors (Lipinski definition) is 0. The van der Waals surface area contributed by atoms with E-state index in [4.69, 9.17) is 14.2 Å². The number of allylic oxidation sites excluding steroid dienone is 6. The molecule has 296 valence electrons. The minimum absolute atomic E-state index is 0.0739. The zero-order valence-corrected chi connectivity index (χ0v) is 33.6. The average molecular weight is 717 g/mol. The Kier molecular flexibility index (Phi) is 38.5. The molecular formula is C45H80O6. The number of ether oxygens (including phenoxy) is 3. The molecule has 1 unspecified atom stereocenters. The quantitative estimate of drug-likeness (QED) is 0.0274. The first-order valence-electron chi connectivity index (χ1n) is 21.5. The number of carbonyl (C=O) groups is 3. The fourth-order valence-corrected chi connectivity index (χ4v) is 5.93. The van der Waals surface area contributed by atoms with E-state index < -0.39 is 6.10 Å². The van der Waals surface area contributed by atoms with Gasteiger partial charge in [-0.2, -0.15) is 0 Å². The van der Waals surface area contributed by atoms with E-state index in [9.17, 15) is 14.4 Å². The second-order valence-electron chi connectivity index (χ2n) is 14.2. The summed E-state index contributed by atoms with van der Waals surface area (Å²) in [6, 6.07) is 0. The standard InChI is InChI=1S/C45H80O6/c1-4-7-10-13-16-18-20-21-22-23-24-25-26-28-29-32-35-38-44(47)50-41-42(40-49-43(46)37-34-31-15-12-9-6-3)51-45(48)39-36-33-30-27-19-17-14-11-8-5-2/h7,10,16,18,21-22,42H,4-6,8-9,11-15,17,19-20,23-41H2,1-3H3/b10-7-,18-16-,22-21-. The van der Waals surface area contributed by atoms with Crippen LogP contribution in [0.4, 0.5) is 0 Å². The van der Waals surface area contributed by atoms with E-state index in [1.165, 1.54) is 89.9 Å². The van der Waals surface area contributed by atoms with E-state index >= 15 is 0 Å². The molecule has 0 saturated carbocycles. The Labute approximate surface area is 315 Å². The number of rotatable bonds is 38. The van der Waals surface area contributed by atoms with Crippen LogP contribution in [0, 0.1) is 0 Å². The second-order valence-corrected chi connectivity index (χ2v) is 14.2. The third kappa shape index (κ3) is 38.7. The van der Waals surface area contributed by atoms with E-state index in [-0.39, 0.29) is 31.1 Å². The fraction of sp³-hybridized carbons (Fsp3) is 0.800. The van der Waals surface area contributed by atoms with Crippen molar-refractivity contribution in [2.45, 2.75) is 219 Å². The summed E-state index contributed by atoms with van der Waals surface area (Å²) in [6.07, 6.45) is 44.3. The molecule has 0 rings (SSSR count). The summed E-state index contributed by atoms with van der Waals surface area (Å²) in [6.45, 7) is 6.43. The first kappa shape index (κ1) is 48.6. The highest BCUT2D eigenvalue weighted by molar-refractivity contribution is 5.71. The van der Waals surface area contributed by atoms with Gasteiger partial charge in [-0.1, -0.05) is 179 Å². The molecule has 0 N–H and O–H groups in total. The highest BCUT2D eigenvalue weighted by atomic mass is 16.6. The lowest BCUT2D eigenvalue weighted by Crippen LogP contribution is -2.30. The minimum atomic E-state index is -0.766. The lowest BCUT2D eigenvalue weighted by atomic mass is 10.1. The zero-order valence-electron chi connectivity index (χ0n) is 33.6. The van der Waals surface area contributed by atoms with Crippen LogP contribution < -0.4 is 0 Å². The van der Waals surface area contributed by atoms with E-state index in [1.54, 1.807) is 0 Å². The van der Waals surface area contributed by atoms with Gasteiger partial charge in [0, 0.05) is 19.3 Å². The van der Waals surface area contributed by atoms with Crippen molar-refractivity contribution >= 4 is 17.9 Å². The van der Waals surface area contributed by atoms with E-state index in [2.05, 4.69) is 57.2 Å². The van der Waals surface area contributed by atoms with Crippen LogP contribution >= 0.6 is 0 Å². The van der Waals surface area contributed by atoms with Crippen molar-refractivity contribution in [1.82, 2.24) is 0 Å². The summed E-state index contributed by atoms with van der Waals surface area (Å²) >= 11 is 0. The SMILES string of the molecule is CC/C=C\C/C=C\C/C=C\CCCCCCCCCC(=O)OCC(COC(=O)CCCCCCCC)OC(=O)CCCCCCCCCCCC. The molecule has 6 nitrogen and oxygen atoms in total. The summed E-state index contributed by atoms with van der Waals surface area (Å²) in [5, 5.41) is 0. The van der Waals surface area contributed by atoms with E-state index in [0.717, 1.165) is 83.5 Å². The first-order valence-corrected chi connectivity index (χ1v) is 21.5. The van der Waals surface area contributed by atoms with Crippen LogP contribution in [0.25, 0.3) is 0 Å². The van der Waals surface area contributed by atoms with Crippen LogP contribution in [-0.4, -0.2) is 37.2 Å². The largest absolute Gasteiger partial charge is 0.462 e. The summed E-state index contributed by atoms with van der Waals surface area (Å²) in [4.78, 5) is 37.4. The molecule has 1 atom stereocenters. The highest BCUT2D eigenvalue weighted by Gasteiger charge is 2.19. The van der Waals surface area contributed by atoms with Gasteiger partial charge in [0.25, 0.3) is 0 Å². The molecule has 0 saturated heterocycles. The van der Waals surface area contributed by atoms with Crippen molar-refractivity contribution in [2.24, 2.45) is 0 Å². The predicted octanol–water partition coefficient (Wildman–Crippen LogP) is 13.4. The zero-order chi connectivity index (χ0) is 37.3. The molecule has 0 heterocycles. The van der Waals surface area contributed by atoms with Crippen molar-refractivity contribution in [3.63, 3.8) is 0 Å². The van der Waals surface area contributed by atoms with Gasteiger partial charge >= 0.3 is 17.9 Å². The Morgan fingerprint density at radius 2 is 0.765 bits per heavy atom. The molecule has 6 heteroatoms. The fourth-order valence-electron chi connectivity index (χ4n) is 5.93. The highest BCUT2D eigenvalue weighted by Crippen LogP contribution is 2.14. The van der Waals surface area contributed by atoms with Crippen molar-refractivity contribution in [3.8, 4) is 0 Å². The summed E-state index contributed by atoms with van der Waals surface area (Å²) in [5.41, 5.74) is 0. The Hall–Kier alpha value is -2.37. The Balaban J connectivity index is 4.25. The predicted molar refractivity (Wildman–Crippen MR) is 215 cm³/mol. The maximum atomic E-state index is 12.6. The Morgan fingerprint density at radius 3 is 1.20 bits per heavy atom. The number of unbranched alkanes of at least 4 members (excludes halogenated alkanes) is 21. The molecule has 51 heavy (non-hydrogen) atoms. The lowest BCUT2D eigenvalue weighted by Gasteiger charge is -2.18. The van der Waals surface area contributed by atoms with Crippen LogP contribution in [0.15, 0.2) is 36.5 Å². The van der Waals surface area contributed by atoms with Crippen LogP contribution in [0.3, 0.4) is 0 Å². The molecule has 0 aromatic heterocycles. The smallest absolute Gasteiger partial charge is 0.306 e. The second kappa shape index (κ2) is 40.4. The van der Waals surface area contributed by atoms with Gasteiger partial charge in [0.2, 0.25) is 0 Å². The molecule has 0 aromatic carbocycles. The van der Waals surface area contributed by atoms with Crippen molar-refractivity contribution in [3.05, 3.63) is 36.5 Å². The summed E-state index contributed by atoms with van der Waals surface area (Å²) in [5.74, 6) is -0.895. The van der Waals surface area contributed by atoms with E-state index in [0.29, 0.717) is 19.3 Å². The van der Waals surface area contributed by atoms with Crippen LogP contribution in [0.5, 0.6) is 0 Å². The third-order valence-corrected chi connectivity index (χ3v) is 9.16. The summed E-state index contributed by atoms with van der Waals surface area (Å²) < 4.78 is 16.6. The van der Waals surface area contributed by atoms with Gasteiger partial charge in [0.15, 0.2) is 6.10 Å². The van der Waals surface area contributed by atoms with Crippen LogP contribution in [-0.2, 0) is 28.6 Å². The molecule has 0 radical (unpaired) electrons. The molecule has 0 fully saturated rings. The Bertz CT molecular complexity index is 876. The maximum absolute atomic E-state index is 12.6. The van der Waals surface area contributed by atoms with E-state index in [1.807, 2.05) is 0 Å². The van der Waals surface area contributed by atoms with Gasteiger partial charge in [0.1, 0.15) is 13.2 Å². The normalized spacial score (nSPS) is 12.3. The average Bonchev–Trinajstić information content (AvgIpc) is 3.13. The summed E-state index contributed by atoms with van der Waals surface area (Å²) in [7, 11) is 0. The van der Waals surface area contributed by atoms with Crippen molar-refractivity contribution < 1.29 is 28.6 Å². The minimum Gasteiger partial charge on any atom is -0.462 e. The Morgan fingerprint density at radius 1 is 0.412 bits per heavy atom. The molecule has 0 aliphatic rings. The van der Waals surface area contributed by atoms with Gasteiger partial charge in [-0.25, -0.2) is 0 Å². The first-order chi connectivity index (χ1) is 25.0. The van der Waals surface area contributed by atoms with Gasteiger partial charge in [0.05, 0.1) is 0 Å². The van der Waals surface area contributed by atoms with Crippen molar-refractivity contribution in [2.75, 3.05) is 13.2 Å². The molecule has 0 amide bonds. The number of esters is 3.